The van der Waals surface area contributed by atoms with Gasteiger partial charge in [-0.2, -0.15) is 0 Å². The first-order valence-electron chi connectivity index (χ1n) is 4.83. The van der Waals surface area contributed by atoms with Gasteiger partial charge in [0.1, 0.15) is 11.8 Å². The van der Waals surface area contributed by atoms with Crippen molar-refractivity contribution in [3.05, 3.63) is 29.3 Å². The van der Waals surface area contributed by atoms with Crippen LogP contribution in [0.4, 0.5) is 0 Å². The molecule has 1 aromatic carbocycles. The molecule has 0 spiro atoms. The molecule has 1 aliphatic rings. The number of fused-ring (bicyclic) bond motifs is 1. The average molecular weight is 207 g/mol. The molecule has 0 radical (unpaired) electrons. The van der Waals surface area contributed by atoms with Crippen LogP contribution in [0.3, 0.4) is 0 Å². The van der Waals surface area contributed by atoms with Crippen LogP contribution in [0.5, 0.6) is 5.75 Å². The molecular weight excluding hydrogens is 194 g/mol. The molecule has 4 heteroatoms. The highest BCUT2D eigenvalue weighted by Crippen LogP contribution is 2.26. The molecule has 0 bridgehead atoms. The van der Waals surface area contributed by atoms with E-state index in [1.807, 2.05) is 18.2 Å². The van der Waals surface area contributed by atoms with Gasteiger partial charge < -0.3 is 15.2 Å². The zero-order valence-electron chi connectivity index (χ0n) is 8.49. The van der Waals surface area contributed by atoms with Crippen molar-refractivity contribution in [2.45, 2.75) is 19.0 Å². The Hall–Kier alpha value is -1.55. The summed E-state index contributed by atoms with van der Waals surface area (Å²) in [5.74, 6) is -0.0354. The Morgan fingerprint density at radius 2 is 2.40 bits per heavy atom. The number of carboxylic acid groups (broad SMARTS) is 1. The van der Waals surface area contributed by atoms with Crippen molar-refractivity contribution in [1.29, 1.82) is 0 Å². The molecule has 1 heterocycles. The van der Waals surface area contributed by atoms with E-state index in [1.165, 1.54) is 0 Å². The van der Waals surface area contributed by atoms with E-state index in [9.17, 15) is 4.79 Å². The molecule has 0 unspecified atom stereocenters. The predicted octanol–water partition coefficient (Wildman–Crippen LogP) is 0.794. The monoisotopic (exact) mass is 207 g/mol. The number of hydrogen-bond acceptors (Lipinski definition) is 3. The smallest absolute Gasteiger partial charge is 0.321 e. The number of nitrogens with one attached hydrogen (secondary N) is 1. The van der Waals surface area contributed by atoms with Gasteiger partial charge in [0.05, 0.1) is 7.11 Å². The Labute approximate surface area is 87.9 Å². The topological polar surface area (TPSA) is 58.6 Å². The second kappa shape index (κ2) is 3.90. The highest BCUT2D eigenvalue weighted by molar-refractivity contribution is 5.74. The van der Waals surface area contributed by atoms with E-state index in [1.54, 1.807) is 7.11 Å². The van der Waals surface area contributed by atoms with Crippen LogP contribution in [0, 0.1) is 0 Å². The van der Waals surface area contributed by atoms with Crippen molar-refractivity contribution < 1.29 is 14.6 Å². The minimum absolute atomic E-state index is 0.481. The molecule has 1 aliphatic heterocycles. The third kappa shape index (κ3) is 1.80. The molecule has 2 N–H and O–H groups in total. The third-order valence-corrected chi connectivity index (χ3v) is 2.70. The zero-order valence-corrected chi connectivity index (χ0v) is 8.49. The van der Waals surface area contributed by atoms with E-state index in [2.05, 4.69) is 5.32 Å². The van der Waals surface area contributed by atoms with Gasteiger partial charge in [-0.05, 0) is 11.6 Å². The number of rotatable bonds is 2. The highest BCUT2D eigenvalue weighted by Gasteiger charge is 2.25. The summed E-state index contributed by atoms with van der Waals surface area (Å²) in [6.07, 6.45) is 0.481. The number of aliphatic carboxylic acids is 1. The summed E-state index contributed by atoms with van der Waals surface area (Å²) in [5, 5.41) is 11.9. The Kier molecular flexibility index (Phi) is 2.60. The summed E-state index contributed by atoms with van der Waals surface area (Å²) in [4.78, 5) is 10.9. The molecule has 4 nitrogen and oxygen atoms in total. The first kappa shape index (κ1) is 9.98. The summed E-state index contributed by atoms with van der Waals surface area (Å²) in [5.41, 5.74) is 2.12. The Morgan fingerprint density at radius 3 is 3.07 bits per heavy atom. The summed E-state index contributed by atoms with van der Waals surface area (Å²) < 4.78 is 5.22. The molecule has 0 aliphatic carbocycles. The molecule has 15 heavy (non-hydrogen) atoms. The second-order valence-corrected chi connectivity index (χ2v) is 3.57. The van der Waals surface area contributed by atoms with Gasteiger partial charge in [0, 0.05) is 18.5 Å². The van der Waals surface area contributed by atoms with Gasteiger partial charge in [0.25, 0.3) is 0 Å². The standard InChI is InChI=1S/C11H13NO3/c1-15-10-4-2-3-7-6-12-9(11(13)14)5-8(7)10/h2-4,9,12H,5-6H2,1H3,(H,13,14)/t9-/m0/s1. The van der Waals surface area contributed by atoms with Crippen LogP contribution in [0.25, 0.3) is 0 Å². The zero-order chi connectivity index (χ0) is 10.8. The third-order valence-electron chi connectivity index (χ3n) is 2.70. The van der Waals surface area contributed by atoms with Crippen molar-refractivity contribution in [3.63, 3.8) is 0 Å². The lowest BCUT2D eigenvalue weighted by atomic mass is 9.95. The maximum Gasteiger partial charge on any atom is 0.321 e. The van der Waals surface area contributed by atoms with Gasteiger partial charge in [-0.3, -0.25) is 4.79 Å². The number of hydrogen-bond donors (Lipinski definition) is 2. The Balaban J connectivity index is 2.34. The van der Waals surface area contributed by atoms with Gasteiger partial charge in [-0.25, -0.2) is 0 Å². The average Bonchev–Trinajstić information content (AvgIpc) is 2.27. The van der Waals surface area contributed by atoms with Crippen LogP contribution >= 0.6 is 0 Å². The lowest BCUT2D eigenvalue weighted by Crippen LogP contribution is -2.41. The fraction of sp³-hybridized carbons (Fsp3) is 0.364. The normalized spacial score (nSPS) is 19.4. The van der Waals surface area contributed by atoms with E-state index in [-0.39, 0.29) is 0 Å². The van der Waals surface area contributed by atoms with Crippen molar-refractivity contribution in [3.8, 4) is 5.75 Å². The number of carbonyl (C=O) groups is 1. The van der Waals surface area contributed by atoms with E-state index >= 15 is 0 Å². The highest BCUT2D eigenvalue weighted by atomic mass is 16.5. The van der Waals surface area contributed by atoms with Crippen molar-refractivity contribution >= 4 is 5.97 Å². The van der Waals surface area contributed by atoms with Crippen LogP contribution in [0.2, 0.25) is 0 Å². The molecule has 0 saturated heterocycles. The van der Waals surface area contributed by atoms with Crippen LogP contribution in [0.15, 0.2) is 18.2 Å². The SMILES string of the molecule is COc1cccc2c1C[C@@H](C(=O)O)NC2. The number of carboxylic acids is 1. The largest absolute Gasteiger partial charge is 0.496 e. The van der Waals surface area contributed by atoms with Gasteiger partial charge in [-0.15, -0.1) is 0 Å². The first-order chi connectivity index (χ1) is 7.22. The summed E-state index contributed by atoms with van der Waals surface area (Å²) in [7, 11) is 1.60. The van der Waals surface area contributed by atoms with Crippen LogP contribution < -0.4 is 10.1 Å². The van der Waals surface area contributed by atoms with E-state index in [0.717, 1.165) is 16.9 Å². The van der Waals surface area contributed by atoms with Crippen molar-refractivity contribution in [1.82, 2.24) is 5.32 Å². The summed E-state index contributed by atoms with van der Waals surface area (Å²) in [6, 6.07) is 5.26. The van der Waals surface area contributed by atoms with Crippen LogP contribution in [-0.4, -0.2) is 24.2 Å². The Morgan fingerprint density at radius 1 is 1.60 bits per heavy atom. The molecule has 2 rings (SSSR count). The molecule has 80 valence electrons. The Bertz CT molecular complexity index is 375. The maximum atomic E-state index is 10.9. The van der Waals surface area contributed by atoms with Gasteiger partial charge in [0.2, 0.25) is 0 Å². The number of methoxy groups -OCH3 is 1. The van der Waals surface area contributed by atoms with Gasteiger partial charge >= 0.3 is 5.97 Å². The van der Waals surface area contributed by atoms with E-state index in [0.29, 0.717) is 13.0 Å². The van der Waals surface area contributed by atoms with Gasteiger partial charge in [-0.1, -0.05) is 12.1 Å². The van der Waals surface area contributed by atoms with Crippen molar-refractivity contribution in [2.24, 2.45) is 0 Å². The van der Waals surface area contributed by atoms with Crippen molar-refractivity contribution in [2.75, 3.05) is 7.11 Å². The van der Waals surface area contributed by atoms with E-state index in [4.69, 9.17) is 9.84 Å². The first-order valence-corrected chi connectivity index (χ1v) is 4.83. The molecule has 0 saturated carbocycles. The number of benzene rings is 1. The molecule has 0 amide bonds. The number of ether oxygens (including phenoxy) is 1. The summed E-state index contributed by atoms with van der Waals surface area (Å²) >= 11 is 0. The maximum absolute atomic E-state index is 10.9. The predicted molar refractivity (Wildman–Crippen MR) is 55.0 cm³/mol. The molecule has 0 aromatic heterocycles. The fourth-order valence-electron chi connectivity index (χ4n) is 1.88. The fourth-order valence-corrected chi connectivity index (χ4v) is 1.88. The van der Waals surface area contributed by atoms with Gasteiger partial charge in [0.15, 0.2) is 0 Å². The van der Waals surface area contributed by atoms with Crippen LogP contribution in [0.1, 0.15) is 11.1 Å². The quantitative estimate of drug-likeness (QED) is 0.753. The minimum Gasteiger partial charge on any atom is -0.496 e. The lowest BCUT2D eigenvalue weighted by molar-refractivity contribution is -0.139. The minimum atomic E-state index is -0.813. The molecule has 1 aromatic rings. The molecular formula is C11H13NO3. The van der Waals surface area contributed by atoms with E-state index < -0.39 is 12.0 Å². The second-order valence-electron chi connectivity index (χ2n) is 3.57. The summed E-state index contributed by atoms with van der Waals surface area (Å²) in [6.45, 7) is 0.587. The molecule has 0 fully saturated rings. The lowest BCUT2D eigenvalue weighted by Gasteiger charge is -2.24. The molecule has 1 atom stereocenters. The van der Waals surface area contributed by atoms with Crippen LogP contribution in [-0.2, 0) is 17.8 Å².